The summed E-state index contributed by atoms with van der Waals surface area (Å²) < 4.78 is 76.4. The third kappa shape index (κ3) is 14.7. The predicted molar refractivity (Wildman–Crippen MR) is 232 cm³/mol. The lowest BCUT2D eigenvalue weighted by Gasteiger charge is -2.32. The molecule has 1 atom stereocenters. The van der Waals surface area contributed by atoms with Gasteiger partial charge in [0, 0.05) is 27.3 Å². The van der Waals surface area contributed by atoms with E-state index in [2.05, 4.69) is 10.2 Å². The SMILES string of the molecule is CC.CN(CCOc1nn(C)cc1B1OC(C)(C)C(C)(C)O1)C(=O)OC(C)(C)C.Cc1nn(C)c(OC(C)CN(CC(F)F)C(=O)OC(C)(C)C)c1B1OC(C)(C)C(C)(C)O1. The average Bonchev–Trinajstić information content (AvgIpc) is 3.72. The number of alkyl halides is 2. The molecule has 2 fully saturated rings. The van der Waals surface area contributed by atoms with Crippen LogP contribution >= 0.6 is 0 Å². The van der Waals surface area contributed by atoms with Gasteiger partial charge in [-0.2, -0.15) is 5.10 Å². The van der Waals surface area contributed by atoms with Gasteiger partial charge < -0.3 is 42.5 Å². The van der Waals surface area contributed by atoms with Crippen LogP contribution < -0.4 is 20.4 Å². The van der Waals surface area contributed by atoms with Crippen LogP contribution in [0.1, 0.15) is 123 Å². The fourth-order valence-electron chi connectivity index (χ4n) is 5.72. The molecule has 61 heavy (non-hydrogen) atoms. The van der Waals surface area contributed by atoms with Crippen LogP contribution in [0.5, 0.6) is 11.8 Å². The minimum absolute atomic E-state index is 0.0910. The zero-order chi connectivity index (χ0) is 47.3. The number of carbonyl (C=O) groups excluding carboxylic acids is 2. The molecule has 2 aromatic rings. The van der Waals surface area contributed by atoms with E-state index in [1.165, 1.54) is 4.90 Å². The van der Waals surface area contributed by atoms with E-state index in [9.17, 15) is 18.4 Å². The fourth-order valence-corrected chi connectivity index (χ4v) is 5.72. The number of rotatable bonds is 12. The van der Waals surface area contributed by atoms with Gasteiger partial charge in [0.05, 0.1) is 58.7 Å². The summed E-state index contributed by atoms with van der Waals surface area (Å²) in [5.41, 5.74) is -1.27. The second kappa shape index (κ2) is 20.3. The Labute approximate surface area is 363 Å². The summed E-state index contributed by atoms with van der Waals surface area (Å²) >= 11 is 0. The number of carbonyl (C=O) groups is 2. The van der Waals surface area contributed by atoms with E-state index in [4.69, 9.17) is 37.6 Å². The zero-order valence-corrected chi connectivity index (χ0v) is 40.7. The molecule has 2 amide bonds. The van der Waals surface area contributed by atoms with E-state index in [1.54, 1.807) is 51.2 Å². The molecule has 2 saturated heterocycles. The van der Waals surface area contributed by atoms with Crippen molar-refractivity contribution in [3.05, 3.63) is 11.9 Å². The molecule has 0 spiro atoms. The minimum Gasteiger partial charge on any atom is -0.475 e. The highest BCUT2D eigenvalue weighted by molar-refractivity contribution is 6.63. The monoisotopic (exact) mass is 871 g/mol. The number of hydrogen-bond donors (Lipinski definition) is 0. The molecular formula is C41H74B2F2N6O10. The Kier molecular flexibility index (Phi) is 17.8. The highest BCUT2D eigenvalue weighted by Gasteiger charge is 2.54. The molecular weight excluding hydrogens is 796 g/mol. The first-order chi connectivity index (χ1) is 27.6. The Bertz CT molecular complexity index is 1720. The van der Waals surface area contributed by atoms with Crippen molar-refractivity contribution in [2.45, 2.75) is 171 Å². The summed E-state index contributed by atoms with van der Waals surface area (Å²) in [5.74, 6) is 0.836. The first-order valence-electron chi connectivity index (χ1n) is 20.9. The average molecular weight is 871 g/mol. The van der Waals surface area contributed by atoms with Crippen molar-refractivity contribution in [3.8, 4) is 11.8 Å². The summed E-state index contributed by atoms with van der Waals surface area (Å²) in [4.78, 5) is 26.9. The quantitative estimate of drug-likeness (QED) is 0.221. The number of halogens is 2. The summed E-state index contributed by atoms with van der Waals surface area (Å²) in [6, 6.07) is 0. The van der Waals surface area contributed by atoms with Crippen molar-refractivity contribution in [2.24, 2.45) is 14.1 Å². The van der Waals surface area contributed by atoms with Gasteiger partial charge in [0.25, 0.3) is 6.43 Å². The van der Waals surface area contributed by atoms with Gasteiger partial charge in [-0.15, -0.1) is 5.10 Å². The number of hydrogen-bond acceptors (Lipinski definition) is 12. The van der Waals surface area contributed by atoms with Crippen LogP contribution in [0, 0.1) is 6.92 Å². The molecule has 16 nitrogen and oxygen atoms in total. The van der Waals surface area contributed by atoms with Crippen molar-refractivity contribution in [1.82, 2.24) is 29.4 Å². The molecule has 0 N–H and O–H groups in total. The maximum Gasteiger partial charge on any atom is 0.502 e. The van der Waals surface area contributed by atoms with Crippen molar-refractivity contribution in [1.29, 1.82) is 0 Å². The molecule has 0 bridgehead atoms. The lowest BCUT2D eigenvalue weighted by molar-refractivity contribution is 0.00184. The molecule has 2 aliphatic rings. The van der Waals surface area contributed by atoms with E-state index in [0.29, 0.717) is 29.5 Å². The van der Waals surface area contributed by atoms with E-state index in [0.717, 1.165) is 10.4 Å². The van der Waals surface area contributed by atoms with Crippen LogP contribution in [0.15, 0.2) is 6.20 Å². The van der Waals surface area contributed by atoms with Gasteiger partial charge in [0.2, 0.25) is 11.8 Å². The summed E-state index contributed by atoms with van der Waals surface area (Å²) in [7, 11) is 3.95. The summed E-state index contributed by atoms with van der Waals surface area (Å²) in [6.07, 6.45) is -2.71. The van der Waals surface area contributed by atoms with Gasteiger partial charge in [-0.1, -0.05) is 13.8 Å². The number of aromatic nitrogens is 4. The number of nitrogens with zero attached hydrogens (tertiary/aromatic N) is 6. The van der Waals surface area contributed by atoms with Crippen molar-refractivity contribution in [2.75, 3.05) is 33.3 Å². The third-order valence-corrected chi connectivity index (χ3v) is 10.2. The predicted octanol–water partition coefficient (Wildman–Crippen LogP) is 6.29. The minimum atomic E-state index is -2.70. The lowest BCUT2D eigenvalue weighted by atomic mass is 9.79. The smallest absolute Gasteiger partial charge is 0.475 e. The molecule has 0 aliphatic carbocycles. The first kappa shape index (κ1) is 53.5. The van der Waals surface area contributed by atoms with E-state index < -0.39 is 79.1 Å². The molecule has 2 aliphatic heterocycles. The highest BCUT2D eigenvalue weighted by Crippen LogP contribution is 2.38. The molecule has 2 aromatic heterocycles. The Morgan fingerprint density at radius 2 is 1.26 bits per heavy atom. The topological polar surface area (TPSA) is 150 Å². The highest BCUT2D eigenvalue weighted by atomic mass is 19.3. The Morgan fingerprint density at radius 1 is 0.803 bits per heavy atom. The first-order valence-corrected chi connectivity index (χ1v) is 20.9. The van der Waals surface area contributed by atoms with Crippen LogP contribution in [-0.2, 0) is 42.2 Å². The molecule has 20 heteroatoms. The van der Waals surface area contributed by atoms with Crippen LogP contribution in [-0.4, -0.2) is 135 Å². The van der Waals surface area contributed by atoms with Crippen molar-refractivity contribution < 1.29 is 55.9 Å². The van der Waals surface area contributed by atoms with Crippen LogP contribution in [0.4, 0.5) is 18.4 Å². The normalized spacial score (nSPS) is 18.1. The largest absolute Gasteiger partial charge is 0.502 e. The third-order valence-electron chi connectivity index (χ3n) is 10.2. The maximum atomic E-state index is 13.1. The van der Waals surface area contributed by atoms with Crippen molar-refractivity contribution >= 4 is 37.3 Å². The van der Waals surface area contributed by atoms with Crippen LogP contribution in [0.2, 0.25) is 0 Å². The van der Waals surface area contributed by atoms with E-state index in [-0.39, 0.29) is 13.2 Å². The summed E-state index contributed by atoms with van der Waals surface area (Å²) in [6.45, 7) is 33.7. The van der Waals surface area contributed by atoms with Gasteiger partial charge in [-0.05, 0) is 111 Å². The Hall–Kier alpha value is -3.61. The standard InChI is InChI=1S/C21H36BF2N3O5.C18H32BN3O5.C2H6/c1-13(11-27(12-15(23)24)18(28)30-19(3,4)5)29-17-16(14(2)25-26(17)10)22-31-20(6,7)21(8,9)32-22;1-16(2,3)25-15(23)21(8)10-11-24-14-13(12-22(9)20-14)19-26-17(4,5)18(6,7)27-19;1-2/h13,15H,11-12H2,1-10H3;12H,10-11H2,1-9H3;1-2H3. The van der Waals surface area contributed by atoms with Crippen LogP contribution in [0.3, 0.4) is 0 Å². The number of ether oxygens (including phenoxy) is 4. The van der Waals surface area contributed by atoms with Gasteiger partial charge in [-0.3, -0.25) is 9.58 Å². The van der Waals surface area contributed by atoms with Gasteiger partial charge in [-0.25, -0.2) is 23.1 Å². The van der Waals surface area contributed by atoms with Gasteiger partial charge in [0.15, 0.2) is 0 Å². The molecule has 0 saturated carbocycles. The second-order valence-corrected chi connectivity index (χ2v) is 19.1. The van der Waals surface area contributed by atoms with Gasteiger partial charge in [0.1, 0.15) is 23.9 Å². The molecule has 0 radical (unpaired) electrons. The zero-order valence-electron chi connectivity index (χ0n) is 40.7. The molecule has 4 heterocycles. The number of aryl methyl sites for hydroxylation is 3. The second-order valence-electron chi connectivity index (χ2n) is 19.1. The van der Waals surface area contributed by atoms with E-state index in [1.807, 2.05) is 110 Å². The maximum absolute atomic E-state index is 13.1. The molecule has 4 rings (SSSR count). The lowest BCUT2D eigenvalue weighted by Crippen LogP contribution is -2.44. The molecule has 348 valence electrons. The Morgan fingerprint density at radius 3 is 1.72 bits per heavy atom. The van der Waals surface area contributed by atoms with Crippen LogP contribution in [0.25, 0.3) is 0 Å². The molecule has 0 aromatic carbocycles. The fraction of sp³-hybridized carbons (Fsp3) is 0.805. The van der Waals surface area contributed by atoms with E-state index >= 15 is 0 Å². The number of likely N-dealkylation sites (N-methyl/N-ethyl adjacent to an activating group) is 1. The number of amides is 2. The van der Waals surface area contributed by atoms with Crippen molar-refractivity contribution in [3.63, 3.8) is 0 Å². The summed E-state index contributed by atoms with van der Waals surface area (Å²) in [5, 5.41) is 8.77. The molecule has 1 unspecified atom stereocenters. The van der Waals surface area contributed by atoms with Gasteiger partial charge >= 0.3 is 26.4 Å². The Balaban J connectivity index is 0.000000409.